The van der Waals surface area contributed by atoms with Gasteiger partial charge in [-0.15, -0.1) is 11.3 Å². The highest BCUT2D eigenvalue weighted by Crippen LogP contribution is 2.27. The predicted octanol–water partition coefficient (Wildman–Crippen LogP) is 2.76. The molecule has 0 fully saturated rings. The molecule has 14 heavy (non-hydrogen) atoms. The summed E-state index contributed by atoms with van der Waals surface area (Å²) >= 11 is 1.67. The molecule has 0 saturated heterocycles. The molecule has 0 aliphatic carbocycles. The summed E-state index contributed by atoms with van der Waals surface area (Å²) < 4.78 is 5.04. The molecular weight excluding hydrogens is 196 g/mol. The normalized spacial score (nSPS) is 15.4. The molecule has 1 rings (SSSR count). The van der Waals surface area contributed by atoms with E-state index < -0.39 is 0 Å². The molecule has 0 aliphatic heterocycles. The Kier molecular flexibility index (Phi) is 4.58. The van der Waals surface area contributed by atoms with Crippen molar-refractivity contribution in [2.24, 2.45) is 5.92 Å². The second-order valence-electron chi connectivity index (χ2n) is 3.76. The van der Waals surface area contributed by atoms with Crippen molar-refractivity contribution < 1.29 is 9.84 Å². The fourth-order valence-corrected chi connectivity index (χ4v) is 2.36. The van der Waals surface area contributed by atoms with E-state index >= 15 is 0 Å². The number of methoxy groups -OCH3 is 1. The van der Waals surface area contributed by atoms with Gasteiger partial charge in [-0.25, -0.2) is 0 Å². The maximum atomic E-state index is 9.89. The van der Waals surface area contributed by atoms with E-state index in [4.69, 9.17) is 4.74 Å². The van der Waals surface area contributed by atoms with Gasteiger partial charge in [-0.1, -0.05) is 6.92 Å². The van der Waals surface area contributed by atoms with Crippen LogP contribution in [-0.2, 0) is 4.74 Å². The molecule has 0 aromatic carbocycles. The van der Waals surface area contributed by atoms with Gasteiger partial charge in [0.2, 0.25) is 0 Å². The zero-order chi connectivity index (χ0) is 10.6. The minimum Gasteiger partial charge on any atom is -0.388 e. The fourth-order valence-electron chi connectivity index (χ4n) is 1.48. The highest BCUT2D eigenvalue weighted by molar-refractivity contribution is 7.11. The maximum Gasteiger partial charge on any atom is 0.0885 e. The van der Waals surface area contributed by atoms with Crippen LogP contribution in [0, 0.1) is 12.8 Å². The first-order valence-electron chi connectivity index (χ1n) is 4.86. The van der Waals surface area contributed by atoms with Crippen molar-refractivity contribution >= 4 is 11.3 Å². The third-order valence-electron chi connectivity index (χ3n) is 2.17. The van der Waals surface area contributed by atoms with E-state index in [1.807, 2.05) is 12.1 Å². The van der Waals surface area contributed by atoms with Crippen LogP contribution in [0.2, 0.25) is 0 Å². The molecular formula is C11H18O2S. The van der Waals surface area contributed by atoms with Crippen LogP contribution in [0.1, 0.15) is 29.2 Å². The number of hydrogen-bond acceptors (Lipinski definition) is 3. The van der Waals surface area contributed by atoms with Gasteiger partial charge in [-0.05, 0) is 31.4 Å². The number of aryl methyl sites for hydroxylation is 1. The Morgan fingerprint density at radius 3 is 2.71 bits per heavy atom. The molecule has 1 aromatic heterocycles. The van der Waals surface area contributed by atoms with Gasteiger partial charge in [0.25, 0.3) is 0 Å². The van der Waals surface area contributed by atoms with Gasteiger partial charge in [0.05, 0.1) is 6.10 Å². The zero-order valence-electron chi connectivity index (χ0n) is 8.99. The Morgan fingerprint density at radius 1 is 1.50 bits per heavy atom. The van der Waals surface area contributed by atoms with Crippen LogP contribution in [-0.4, -0.2) is 18.8 Å². The van der Waals surface area contributed by atoms with Gasteiger partial charge in [0.15, 0.2) is 0 Å². The average Bonchev–Trinajstić information content (AvgIpc) is 2.52. The molecule has 0 radical (unpaired) electrons. The molecule has 0 spiro atoms. The summed E-state index contributed by atoms with van der Waals surface area (Å²) in [7, 11) is 1.69. The van der Waals surface area contributed by atoms with E-state index in [1.165, 1.54) is 4.88 Å². The third-order valence-corrected chi connectivity index (χ3v) is 3.27. The molecule has 2 atom stereocenters. The fraction of sp³-hybridized carbons (Fsp3) is 0.636. The first kappa shape index (κ1) is 11.7. The van der Waals surface area contributed by atoms with E-state index in [0.717, 1.165) is 11.3 Å². The lowest BCUT2D eigenvalue weighted by Gasteiger charge is -2.14. The van der Waals surface area contributed by atoms with E-state index in [-0.39, 0.29) is 6.10 Å². The largest absolute Gasteiger partial charge is 0.388 e. The van der Waals surface area contributed by atoms with Crippen molar-refractivity contribution in [2.45, 2.75) is 26.4 Å². The topological polar surface area (TPSA) is 29.5 Å². The van der Waals surface area contributed by atoms with E-state index in [9.17, 15) is 5.11 Å². The Morgan fingerprint density at radius 2 is 2.21 bits per heavy atom. The van der Waals surface area contributed by atoms with Crippen molar-refractivity contribution in [1.82, 2.24) is 0 Å². The van der Waals surface area contributed by atoms with Gasteiger partial charge in [0, 0.05) is 23.5 Å². The van der Waals surface area contributed by atoms with Crippen molar-refractivity contribution in [3.8, 4) is 0 Å². The second kappa shape index (κ2) is 5.49. The summed E-state index contributed by atoms with van der Waals surface area (Å²) in [4.78, 5) is 2.31. The molecule has 2 unspecified atom stereocenters. The average molecular weight is 214 g/mol. The number of thiophene rings is 1. The summed E-state index contributed by atoms with van der Waals surface area (Å²) in [5.41, 5.74) is 0. The summed E-state index contributed by atoms with van der Waals surface area (Å²) in [5.74, 6) is 0.400. The number of hydrogen-bond donors (Lipinski definition) is 1. The number of aliphatic hydroxyl groups is 1. The molecule has 1 heterocycles. The van der Waals surface area contributed by atoms with Crippen molar-refractivity contribution in [2.75, 3.05) is 13.7 Å². The first-order chi connectivity index (χ1) is 6.63. The Bertz CT molecular complexity index is 270. The Hall–Kier alpha value is -0.380. The lowest BCUT2D eigenvalue weighted by atomic mass is 10.0. The molecule has 3 heteroatoms. The van der Waals surface area contributed by atoms with E-state index in [1.54, 1.807) is 18.4 Å². The Balaban J connectivity index is 2.45. The lowest BCUT2D eigenvalue weighted by molar-refractivity contribution is 0.104. The lowest BCUT2D eigenvalue weighted by Crippen LogP contribution is -2.08. The molecule has 80 valence electrons. The van der Waals surface area contributed by atoms with Crippen molar-refractivity contribution in [1.29, 1.82) is 0 Å². The van der Waals surface area contributed by atoms with Gasteiger partial charge >= 0.3 is 0 Å². The first-order valence-corrected chi connectivity index (χ1v) is 5.68. The predicted molar refractivity (Wildman–Crippen MR) is 59.7 cm³/mol. The molecule has 1 aromatic rings. The van der Waals surface area contributed by atoms with E-state index in [2.05, 4.69) is 13.8 Å². The standard InChI is InChI=1S/C11H18O2S/c1-8(7-13-3)6-10(12)11-5-4-9(2)14-11/h4-5,8,10,12H,6-7H2,1-3H3. The van der Waals surface area contributed by atoms with E-state index in [0.29, 0.717) is 12.5 Å². The highest BCUT2D eigenvalue weighted by Gasteiger charge is 2.13. The zero-order valence-corrected chi connectivity index (χ0v) is 9.80. The Labute approximate surface area is 89.5 Å². The van der Waals surface area contributed by atoms with Crippen molar-refractivity contribution in [3.63, 3.8) is 0 Å². The molecule has 0 aliphatic rings. The molecule has 0 bridgehead atoms. The summed E-state index contributed by atoms with van der Waals surface area (Å²) in [6.45, 7) is 4.86. The van der Waals surface area contributed by atoms with Gasteiger partial charge in [-0.2, -0.15) is 0 Å². The summed E-state index contributed by atoms with van der Waals surface area (Å²) in [5, 5.41) is 9.89. The summed E-state index contributed by atoms with van der Waals surface area (Å²) in [6, 6.07) is 4.05. The summed E-state index contributed by atoms with van der Waals surface area (Å²) in [6.07, 6.45) is 0.437. The van der Waals surface area contributed by atoms with Crippen LogP contribution < -0.4 is 0 Å². The van der Waals surface area contributed by atoms with Crippen LogP contribution >= 0.6 is 11.3 Å². The second-order valence-corrected chi connectivity index (χ2v) is 5.08. The quantitative estimate of drug-likeness (QED) is 0.816. The third kappa shape index (κ3) is 3.40. The van der Waals surface area contributed by atoms with Crippen LogP contribution in [0.3, 0.4) is 0 Å². The van der Waals surface area contributed by atoms with Gasteiger partial charge in [-0.3, -0.25) is 0 Å². The SMILES string of the molecule is COCC(C)CC(O)c1ccc(C)s1. The number of ether oxygens (including phenoxy) is 1. The van der Waals surface area contributed by atoms with Crippen LogP contribution in [0.4, 0.5) is 0 Å². The number of rotatable bonds is 5. The van der Waals surface area contributed by atoms with Crippen LogP contribution in [0.25, 0.3) is 0 Å². The minimum absolute atomic E-state index is 0.334. The van der Waals surface area contributed by atoms with Crippen molar-refractivity contribution in [3.05, 3.63) is 21.9 Å². The number of aliphatic hydroxyl groups excluding tert-OH is 1. The highest BCUT2D eigenvalue weighted by atomic mass is 32.1. The smallest absolute Gasteiger partial charge is 0.0885 e. The molecule has 2 nitrogen and oxygen atoms in total. The molecule has 0 amide bonds. The molecule has 0 saturated carbocycles. The van der Waals surface area contributed by atoms with Crippen LogP contribution in [0.5, 0.6) is 0 Å². The maximum absolute atomic E-state index is 9.89. The monoisotopic (exact) mass is 214 g/mol. The van der Waals surface area contributed by atoms with Gasteiger partial charge < -0.3 is 9.84 Å². The van der Waals surface area contributed by atoms with Crippen LogP contribution in [0.15, 0.2) is 12.1 Å². The molecule has 1 N–H and O–H groups in total. The minimum atomic E-state index is -0.334. The van der Waals surface area contributed by atoms with Gasteiger partial charge in [0.1, 0.15) is 0 Å².